The van der Waals surface area contributed by atoms with E-state index in [1.165, 1.54) is 64.6 Å². The lowest BCUT2D eigenvalue weighted by molar-refractivity contribution is 0.00557. The molecular formula is C17H32N2. The zero-order chi connectivity index (χ0) is 13.5. The molecular weight excluding hydrogens is 232 g/mol. The van der Waals surface area contributed by atoms with Crippen molar-refractivity contribution in [2.75, 3.05) is 19.6 Å². The minimum Gasteiger partial charge on any atom is -0.295 e. The molecule has 3 rings (SSSR count). The number of likely N-dealkylation sites (tertiary alicyclic amines) is 1. The van der Waals surface area contributed by atoms with E-state index in [0.29, 0.717) is 5.54 Å². The smallest absolute Gasteiger partial charge is 0.0227 e. The molecule has 2 saturated heterocycles. The van der Waals surface area contributed by atoms with Gasteiger partial charge in [0.05, 0.1) is 0 Å². The van der Waals surface area contributed by atoms with Crippen LogP contribution < -0.4 is 0 Å². The third-order valence-corrected chi connectivity index (χ3v) is 5.78. The first-order valence-corrected chi connectivity index (χ1v) is 8.55. The summed E-state index contributed by atoms with van der Waals surface area (Å²) in [5.41, 5.74) is 0.359. The van der Waals surface area contributed by atoms with Crippen LogP contribution in [-0.4, -0.2) is 47.1 Å². The first kappa shape index (κ1) is 13.9. The number of nitrogens with zero attached hydrogens (tertiary/aromatic N) is 2. The molecule has 2 bridgehead atoms. The fourth-order valence-electron chi connectivity index (χ4n) is 4.50. The van der Waals surface area contributed by atoms with Crippen LogP contribution in [0, 0.1) is 5.92 Å². The largest absolute Gasteiger partial charge is 0.295 e. The Morgan fingerprint density at radius 2 is 1.42 bits per heavy atom. The summed E-state index contributed by atoms with van der Waals surface area (Å²) in [5, 5.41) is 0. The van der Waals surface area contributed by atoms with Gasteiger partial charge in [0.15, 0.2) is 0 Å². The number of rotatable bonds is 2. The molecule has 1 aliphatic carbocycles. The monoisotopic (exact) mass is 264 g/mol. The molecule has 0 amide bonds. The first-order chi connectivity index (χ1) is 9.04. The molecule has 0 aromatic rings. The van der Waals surface area contributed by atoms with E-state index in [1.807, 2.05) is 0 Å². The predicted molar refractivity (Wildman–Crippen MR) is 81.4 cm³/mol. The van der Waals surface area contributed by atoms with E-state index in [4.69, 9.17) is 0 Å². The van der Waals surface area contributed by atoms with Crippen molar-refractivity contribution in [2.24, 2.45) is 5.92 Å². The molecule has 0 radical (unpaired) electrons. The van der Waals surface area contributed by atoms with Gasteiger partial charge in [-0.3, -0.25) is 9.80 Å². The highest BCUT2D eigenvalue weighted by atomic mass is 15.3. The lowest BCUT2D eigenvalue weighted by atomic mass is 9.88. The van der Waals surface area contributed by atoms with Crippen molar-refractivity contribution in [3.8, 4) is 0 Å². The highest BCUT2D eigenvalue weighted by molar-refractivity contribution is 4.99. The fraction of sp³-hybridized carbons (Fsp3) is 1.00. The quantitative estimate of drug-likeness (QED) is 0.753. The second-order valence-electron chi connectivity index (χ2n) is 8.16. The standard InChI is InChI=1S/C17H32N2/c1-17(2,3)18-12-15-9-10-16(13-18)19(15)11-14-7-5-4-6-8-14/h14-16H,4-13H2,1-3H3. The van der Waals surface area contributed by atoms with Crippen molar-refractivity contribution in [2.45, 2.75) is 83.3 Å². The summed E-state index contributed by atoms with van der Waals surface area (Å²) in [5.74, 6) is 1.01. The lowest BCUT2D eigenvalue weighted by Gasteiger charge is -2.47. The number of fused-ring (bicyclic) bond motifs is 2. The van der Waals surface area contributed by atoms with Gasteiger partial charge in [-0.2, -0.15) is 0 Å². The predicted octanol–water partition coefficient (Wildman–Crippen LogP) is 3.51. The Hall–Kier alpha value is -0.0800. The maximum absolute atomic E-state index is 2.90. The molecule has 3 fully saturated rings. The van der Waals surface area contributed by atoms with Gasteiger partial charge < -0.3 is 0 Å². The fourth-order valence-corrected chi connectivity index (χ4v) is 4.50. The van der Waals surface area contributed by atoms with Crippen molar-refractivity contribution < 1.29 is 0 Å². The van der Waals surface area contributed by atoms with Crippen LogP contribution in [-0.2, 0) is 0 Å². The Balaban J connectivity index is 1.60. The van der Waals surface area contributed by atoms with E-state index in [-0.39, 0.29) is 0 Å². The Morgan fingerprint density at radius 3 is 1.95 bits per heavy atom. The van der Waals surface area contributed by atoms with E-state index in [0.717, 1.165) is 18.0 Å². The topological polar surface area (TPSA) is 6.48 Å². The van der Waals surface area contributed by atoms with Gasteiger partial charge in [0.25, 0.3) is 0 Å². The normalized spacial score (nSPS) is 34.9. The molecule has 0 aromatic heterocycles. The van der Waals surface area contributed by atoms with Crippen LogP contribution in [0.4, 0.5) is 0 Å². The second kappa shape index (κ2) is 5.37. The van der Waals surface area contributed by atoms with Gasteiger partial charge in [-0.15, -0.1) is 0 Å². The summed E-state index contributed by atoms with van der Waals surface area (Å²) in [7, 11) is 0. The van der Waals surface area contributed by atoms with E-state index in [9.17, 15) is 0 Å². The third kappa shape index (κ3) is 3.00. The SMILES string of the molecule is CC(C)(C)N1CC2CCC(C1)N2CC1CCCCC1. The van der Waals surface area contributed by atoms with Crippen LogP contribution >= 0.6 is 0 Å². The molecule has 2 heterocycles. The van der Waals surface area contributed by atoms with E-state index in [2.05, 4.69) is 30.6 Å². The van der Waals surface area contributed by atoms with Gasteiger partial charge in [-0.1, -0.05) is 19.3 Å². The highest BCUT2D eigenvalue weighted by Crippen LogP contribution is 2.35. The summed E-state index contributed by atoms with van der Waals surface area (Å²) >= 11 is 0. The minimum absolute atomic E-state index is 0.359. The second-order valence-corrected chi connectivity index (χ2v) is 8.16. The average molecular weight is 264 g/mol. The maximum Gasteiger partial charge on any atom is 0.0227 e. The van der Waals surface area contributed by atoms with E-state index in [1.54, 1.807) is 0 Å². The van der Waals surface area contributed by atoms with Gasteiger partial charge in [0.1, 0.15) is 0 Å². The van der Waals surface area contributed by atoms with Crippen molar-refractivity contribution in [1.82, 2.24) is 9.80 Å². The molecule has 110 valence electrons. The molecule has 19 heavy (non-hydrogen) atoms. The average Bonchev–Trinajstić information content (AvgIpc) is 2.61. The summed E-state index contributed by atoms with van der Waals surface area (Å²) in [6.45, 7) is 11.2. The highest BCUT2D eigenvalue weighted by Gasteiger charge is 2.42. The van der Waals surface area contributed by atoms with Gasteiger partial charge in [-0.05, 0) is 52.4 Å². The van der Waals surface area contributed by atoms with Gasteiger partial charge >= 0.3 is 0 Å². The van der Waals surface area contributed by atoms with Crippen molar-refractivity contribution >= 4 is 0 Å². The number of hydrogen-bond donors (Lipinski definition) is 0. The van der Waals surface area contributed by atoms with Crippen LogP contribution in [0.3, 0.4) is 0 Å². The molecule has 1 saturated carbocycles. The lowest BCUT2D eigenvalue weighted by Crippen LogP contribution is -2.59. The Kier molecular flexibility index (Phi) is 3.92. The van der Waals surface area contributed by atoms with Crippen LogP contribution in [0.5, 0.6) is 0 Å². The summed E-state index contributed by atoms with van der Waals surface area (Å²) < 4.78 is 0. The zero-order valence-corrected chi connectivity index (χ0v) is 13.2. The van der Waals surface area contributed by atoms with Crippen molar-refractivity contribution in [3.05, 3.63) is 0 Å². The molecule has 2 aliphatic heterocycles. The molecule has 0 N–H and O–H groups in total. The Bertz CT molecular complexity index is 287. The van der Waals surface area contributed by atoms with Crippen LogP contribution in [0.1, 0.15) is 65.7 Å². The molecule has 2 heteroatoms. The van der Waals surface area contributed by atoms with Gasteiger partial charge in [0, 0.05) is 37.3 Å². The van der Waals surface area contributed by atoms with Gasteiger partial charge in [0.2, 0.25) is 0 Å². The summed E-state index contributed by atoms with van der Waals surface area (Å²) in [6, 6.07) is 1.72. The van der Waals surface area contributed by atoms with Crippen molar-refractivity contribution in [3.63, 3.8) is 0 Å². The zero-order valence-electron chi connectivity index (χ0n) is 13.2. The van der Waals surface area contributed by atoms with Crippen molar-refractivity contribution in [1.29, 1.82) is 0 Å². The first-order valence-electron chi connectivity index (χ1n) is 8.55. The van der Waals surface area contributed by atoms with Crippen LogP contribution in [0.15, 0.2) is 0 Å². The number of hydrogen-bond acceptors (Lipinski definition) is 2. The molecule has 3 aliphatic rings. The minimum atomic E-state index is 0.359. The Morgan fingerprint density at radius 1 is 0.842 bits per heavy atom. The van der Waals surface area contributed by atoms with Gasteiger partial charge in [-0.25, -0.2) is 0 Å². The molecule has 0 aromatic carbocycles. The van der Waals surface area contributed by atoms with Crippen LogP contribution in [0.25, 0.3) is 0 Å². The molecule has 2 atom stereocenters. The van der Waals surface area contributed by atoms with E-state index < -0.39 is 0 Å². The molecule has 0 spiro atoms. The summed E-state index contributed by atoms with van der Waals surface area (Å²) in [4.78, 5) is 5.63. The maximum atomic E-state index is 2.90. The molecule has 2 nitrogen and oxygen atoms in total. The Labute approximate surface area is 119 Å². The van der Waals surface area contributed by atoms with Crippen LogP contribution in [0.2, 0.25) is 0 Å². The molecule has 2 unspecified atom stereocenters. The van der Waals surface area contributed by atoms with E-state index >= 15 is 0 Å². The number of piperazine rings is 1. The summed E-state index contributed by atoms with van der Waals surface area (Å²) in [6.07, 6.45) is 10.4. The third-order valence-electron chi connectivity index (χ3n) is 5.78.